The van der Waals surface area contributed by atoms with Gasteiger partial charge in [0.1, 0.15) is 6.54 Å². The highest BCUT2D eigenvalue weighted by Crippen LogP contribution is 2.30. The molecule has 2 aromatic carbocycles. The summed E-state index contributed by atoms with van der Waals surface area (Å²) in [6.45, 7) is -0.0453. The Hall–Kier alpha value is -2.94. The predicted molar refractivity (Wildman–Crippen MR) is 99.1 cm³/mol. The van der Waals surface area contributed by atoms with Crippen LogP contribution in [0.2, 0.25) is 0 Å². The van der Waals surface area contributed by atoms with Crippen LogP contribution in [-0.4, -0.2) is 40.3 Å². The largest absolute Gasteiger partial charge is 0.493 e. The molecular weight excluding hydrogens is 402 g/mol. The monoisotopic (exact) mass is 417 g/mol. The second kappa shape index (κ2) is 7.96. The van der Waals surface area contributed by atoms with Crippen molar-refractivity contribution < 1.29 is 14.3 Å². The summed E-state index contributed by atoms with van der Waals surface area (Å²) in [5, 5.41) is 14.9. The smallest absolute Gasteiger partial charge is 0.248 e. The van der Waals surface area contributed by atoms with E-state index < -0.39 is 0 Å². The van der Waals surface area contributed by atoms with Crippen LogP contribution < -0.4 is 14.8 Å². The van der Waals surface area contributed by atoms with Crippen LogP contribution in [0.3, 0.4) is 0 Å². The molecule has 0 fully saturated rings. The minimum absolute atomic E-state index is 0.0453. The maximum atomic E-state index is 12.1. The second-order valence-electron chi connectivity index (χ2n) is 5.27. The van der Waals surface area contributed by atoms with Crippen LogP contribution in [0.15, 0.2) is 46.9 Å². The van der Waals surface area contributed by atoms with Crippen molar-refractivity contribution in [3.8, 4) is 22.9 Å². The fraction of sp³-hybridized carbons (Fsp3) is 0.176. The molecule has 0 spiro atoms. The van der Waals surface area contributed by atoms with Crippen LogP contribution in [0.4, 0.5) is 5.69 Å². The maximum absolute atomic E-state index is 12.1. The summed E-state index contributed by atoms with van der Waals surface area (Å²) in [6.07, 6.45) is 0. The lowest BCUT2D eigenvalue weighted by Gasteiger charge is -2.07. The number of tetrazole rings is 1. The number of aromatic nitrogens is 4. The molecule has 0 bridgehead atoms. The van der Waals surface area contributed by atoms with E-state index in [4.69, 9.17) is 9.47 Å². The zero-order chi connectivity index (χ0) is 18.5. The Labute approximate surface area is 158 Å². The number of nitrogens with zero attached hydrogens (tertiary/aromatic N) is 4. The number of amides is 1. The van der Waals surface area contributed by atoms with E-state index in [0.717, 1.165) is 4.47 Å². The number of halogens is 1. The first-order valence-corrected chi connectivity index (χ1v) is 8.44. The Morgan fingerprint density at radius 1 is 1.12 bits per heavy atom. The molecule has 0 radical (unpaired) electrons. The molecule has 0 aliphatic rings. The molecule has 134 valence electrons. The Morgan fingerprint density at radius 2 is 1.85 bits per heavy atom. The van der Waals surface area contributed by atoms with Gasteiger partial charge in [0.15, 0.2) is 11.5 Å². The van der Waals surface area contributed by atoms with Gasteiger partial charge in [0.2, 0.25) is 11.7 Å². The average molecular weight is 418 g/mol. The van der Waals surface area contributed by atoms with Gasteiger partial charge in [0.05, 0.1) is 14.2 Å². The van der Waals surface area contributed by atoms with Crippen LogP contribution in [0, 0.1) is 0 Å². The summed E-state index contributed by atoms with van der Waals surface area (Å²) in [5.41, 5.74) is 1.40. The lowest BCUT2D eigenvalue weighted by molar-refractivity contribution is -0.117. The fourth-order valence-electron chi connectivity index (χ4n) is 2.26. The van der Waals surface area contributed by atoms with Crippen LogP contribution >= 0.6 is 15.9 Å². The van der Waals surface area contributed by atoms with Gasteiger partial charge in [-0.2, -0.15) is 4.80 Å². The molecule has 0 atom stereocenters. The number of carbonyl (C=O) groups is 1. The van der Waals surface area contributed by atoms with Gasteiger partial charge in [-0.1, -0.05) is 15.9 Å². The first-order chi connectivity index (χ1) is 12.6. The molecule has 0 unspecified atom stereocenters. The van der Waals surface area contributed by atoms with Crippen molar-refractivity contribution in [2.75, 3.05) is 19.5 Å². The molecule has 8 nitrogen and oxygen atoms in total. The topological polar surface area (TPSA) is 91.2 Å². The third-order valence-electron chi connectivity index (χ3n) is 3.51. The second-order valence-corrected chi connectivity index (χ2v) is 6.18. The number of anilines is 1. The molecule has 1 N–H and O–H groups in total. The Morgan fingerprint density at radius 3 is 2.54 bits per heavy atom. The lowest BCUT2D eigenvalue weighted by Crippen LogP contribution is -2.20. The highest BCUT2D eigenvalue weighted by molar-refractivity contribution is 9.10. The van der Waals surface area contributed by atoms with Crippen LogP contribution in [0.5, 0.6) is 11.5 Å². The van der Waals surface area contributed by atoms with Crippen molar-refractivity contribution >= 4 is 27.5 Å². The van der Waals surface area contributed by atoms with Crippen LogP contribution in [0.1, 0.15) is 0 Å². The molecule has 3 aromatic rings. The summed E-state index contributed by atoms with van der Waals surface area (Å²) >= 11 is 3.35. The van der Waals surface area contributed by atoms with E-state index in [-0.39, 0.29) is 12.5 Å². The SMILES string of the molecule is COc1ccc(-c2nnn(CC(=O)Nc3ccc(Br)cc3)n2)cc1OC. The van der Waals surface area contributed by atoms with Crippen LogP contribution in [0.25, 0.3) is 11.4 Å². The van der Waals surface area contributed by atoms with E-state index in [1.165, 1.54) is 4.80 Å². The minimum atomic E-state index is -0.247. The molecule has 0 aliphatic carbocycles. The van der Waals surface area contributed by atoms with E-state index in [2.05, 4.69) is 36.7 Å². The van der Waals surface area contributed by atoms with E-state index in [1.54, 1.807) is 44.6 Å². The summed E-state index contributed by atoms with van der Waals surface area (Å²) < 4.78 is 11.4. The van der Waals surface area contributed by atoms with Crippen molar-refractivity contribution in [2.24, 2.45) is 0 Å². The zero-order valence-electron chi connectivity index (χ0n) is 14.1. The van der Waals surface area contributed by atoms with Gasteiger partial charge in [-0.15, -0.1) is 10.2 Å². The summed E-state index contributed by atoms with van der Waals surface area (Å²) in [7, 11) is 3.12. The van der Waals surface area contributed by atoms with Gasteiger partial charge in [-0.05, 0) is 47.7 Å². The standard InChI is InChI=1S/C17H16BrN5O3/c1-25-14-8-3-11(9-15(14)26-2)17-20-22-23(21-17)10-16(24)19-13-6-4-12(18)5-7-13/h3-9H,10H2,1-2H3,(H,19,24). The Kier molecular flexibility index (Phi) is 5.47. The number of carbonyl (C=O) groups excluding carboxylic acids is 1. The molecule has 3 rings (SSSR count). The first-order valence-electron chi connectivity index (χ1n) is 7.64. The third kappa shape index (κ3) is 4.17. The van der Waals surface area contributed by atoms with Gasteiger partial charge in [0.25, 0.3) is 0 Å². The van der Waals surface area contributed by atoms with Crippen molar-refractivity contribution in [3.05, 3.63) is 46.9 Å². The summed E-state index contributed by atoms with van der Waals surface area (Å²) in [5.74, 6) is 1.32. The molecule has 0 saturated heterocycles. The highest BCUT2D eigenvalue weighted by atomic mass is 79.9. The molecule has 26 heavy (non-hydrogen) atoms. The minimum Gasteiger partial charge on any atom is -0.493 e. The quantitative estimate of drug-likeness (QED) is 0.662. The maximum Gasteiger partial charge on any atom is 0.248 e. The lowest BCUT2D eigenvalue weighted by atomic mass is 10.2. The molecule has 9 heteroatoms. The first kappa shape index (κ1) is 17.9. The van der Waals surface area contributed by atoms with Crippen molar-refractivity contribution in [1.82, 2.24) is 20.2 Å². The third-order valence-corrected chi connectivity index (χ3v) is 4.04. The van der Waals surface area contributed by atoms with Gasteiger partial charge in [-0.25, -0.2) is 0 Å². The molecule has 0 aliphatic heterocycles. The molecule has 0 saturated carbocycles. The summed E-state index contributed by atoms with van der Waals surface area (Å²) in [6, 6.07) is 12.6. The average Bonchev–Trinajstić information content (AvgIpc) is 3.11. The zero-order valence-corrected chi connectivity index (χ0v) is 15.7. The van der Waals surface area contributed by atoms with Gasteiger partial charge in [-0.3, -0.25) is 4.79 Å². The number of nitrogens with one attached hydrogen (secondary N) is 1. The summed E-state index contributed by atoms with van der Waals surface area (Å²) in [4.78, 5) is 13.3. The Bertz CT molecular complexity index is 911. The van der Waals surface area contributed by atoms with Gasteiger partial charge < -0.3 is 14.8 Å². The van der Waals surface area contributed by atoms with Crippen molar-refractivity contribution in [3.63, 3.8) is 0 Å². The van der Waals surface area contributed by atoms with Gasteiger partial charge >= 0.3 is 0 Å². The molecular formula is C17H16BrN5O3. The number of ether oxygens (including phenoxy) is 2. The molecule has 1 heterocycles. The normalized spacial score (nSPS) is 10.4. The van der Waals surface area contributed by atoms with Crippen LogP contribution in [-0.2, 0) is 11.3 Å². The van der Waals surface area contributed by atoms with Crippen molar-refractivity contribution in [2.45, 2.75) is 6.54 Å². The van der Waals surface area contributed by atoms with E-state index >= 15 is 0 Å². The molecule has 1 amide bonds. The number of hydrogen-bond donors (Lipinski definition) is 1. The van der Waals surface area contributed by atoms with Crippen molar-refractivity contribution in [1.29, 1.82) is 0 Å². The predicted octanol–water partition coefficient (Wildman–Crippen LogP) is 2.76. The number of methoxy groups -OCH3 is 2. The Balaban J connectivity index is 1.69. The van der Waals surface area contributed by atoms with E-state index in [0.29, 0.717) is 28.6 Å². The number of benzene rings is 2. The fourth-order valence-corrected chi connectivity index (χ4v) is 2.53. The molecule has 1 aromatic heterocycles. The van der Waals surface area contributed by atoms with Gasteiger partial charge in [0, 0.05) is 15.7 Å². The highest BCUT2D eigenvalue weighted by Gasteiger charge is 2.12. The number of hydrogen-bond acceptors (Lipinski definition) is 6. The van der Waals surface area contributed by atoms with E-state index in [9.17, 15) is 4.79 Å². The number of rotatable bonds is 6. The van der Waals surface area contributed by atoms with E-state index in [1.807, 2.05) is 12.1 Å².